The number of hydrogen-bond acceptors (Lipinski definition) is 2. The first-order chi connectivity index (χ1) is 8.91. The van der Waals surface area contributed by atoms with Crippen molar-refractivity contribution in [2.45, 2.75) is 13.1 Å². The van der Waals surface area contributed by atoms with Crippen molar-refractivity contribution in [3.05, 3.63) is 44.5 Å². The average molecular weight is 379 g/mol. The van der Waals surface area contributed by atoms with Crippen LogP contribution in [0.2, 0.25) is 13.1 Å². The van der Waals surface area contributed by atoms with Crippen LogP contribution in [-0.4, -0.2) is 13.2 Å². The summed E-state index contributed by atoms with van der Waals surface area (Å²) in [6, 6.07) is 9.58. The van der Waals surface area contributed by atoms with Crippen LogP contribution in [0.4, 0.5) is 5.69 Å². The first kappa shape index (κ1) is 12.9. The van der Waals surface area contributed by atoms with E-state index in [1.54, 1.807) is 6.07 Å². The summed E-state index contributed by atoms with van der Waals surface area (Å²) >= 11 is 2.37. The van der Waals surface area contributed by atoms with Crippen molar-refractivity contribution >= 4 is 53.3 Å². The van der Waals surface area contributed by atoms with Gasteiger partial charge in [0.05, 0.1) is 11.0 Å². The van der Waals surface area contributed by atoms with Crippen LogP contribution < -0.4 is 20.9 Å². The number of phenolic OH excluding ortho intramolecular Hbond substituents is 1. The predicted octanol–water partition coefficient (Wildman–Crippen LogP) is 1.49. The molecule has 0 bridgehead atoms. The molecule has 0 aromatic heterocycles. The molecule has 0 atom stereocenters. The van der Waals surface area contributed by atoms with Gasteiger partial charge >= 0.3 is 0 Å². The van der Waals surface area contributed by atoms with Crippen LogP contribution in [0.15, 0.2) is 35.3 Å². The number of aromatic hydroxyl groups is 1. The van der Waals surface area contributed by atoms with Gasteiger partial charge in [-0.1, -0.05) is 25.7 Å². The van der Waals surface area contributed by atoms with Gasteiger partial charge in [-0.25, -0.2) is 4.99 Å². The minimum absolute atomic E-state index is 0.318. The van der Waals surface area contributed by atoms with Crippen molar-refractivity contribution in [3.63, 3.8) is 0 Å². The zero-order valence-electron chi connectivity index (χ0n) is 10.9. The Labute approximate surface area is 126 Å². The maximum absolute atomic E-state index is 9.76. The third-order valence-electron chi connectivity index (χ3n) is 3.72. The fraction of sp³-hybridized carbons (Fsp3) is 0.133. The van der Waals surface area contributed by atoms with Crippen LogP contribution >= 0.6 is 22.6 Å². The molecule has 0 saturated carbocycles. The number of nitrogens with zero attached hydrogens (tertiary/aromatic N) is 1. The van der Waals surface area contributed by atoms with Crippen LogP contribution in [-0.2, 0) is 0 Å². The van der Waals surface area contributed by atoms with Gasteiger partial charge in [-0.05, 0) is 62.4 Å². The van der Waals surface area contributed by atoms with Crippen molar-refractivity contribution in [1.29, 1.82) is 0 Å². The predicted molar refractivity (Wildman–Crippen MR) is 90.0 cm³/mol. The lowest BCUT2D eigenvalue weighted by atomic mass is 10.2. The monoisotopic (exact) mass is 379 g/mol. The molecule has 2 aromatic carbocycles. The van der Waals surface area contributed by atoms with E-state index >= 15 is 0 Å². The molecule has 19 heavy (non-hydrogen) atoms. The Morgan fingerprint density at radius 1 is 1.21 bits per heavy atom. The summed E-state index contributed by atoms with van der Waals surface area (Å²) in [6.45, 7) is 8.70. The molecule has 96 valence electrons. The highest BCUT2D eigenvalue weighted by Crippen LogP contribution is 2.21. The van der Waals surface area contributed by atoms with Crippen molar-refractivity contribution in [1.82, 2.24) is 0 Å². The standard InChI is InChI=1S/C15H14INOSi/c1-9-4-6-12-15(14(9)16)19(2,3)13-8-10(18)5-7-11(13)17-12/h4-8,18H,1H2,2-3H3. The largest absolute Gasteiger partial charge is 0.508 e. The highest BCUT2D eigenvalue weighted by molar-refractivity contribution is 14.1. The van der Waals surface area contributed by atoms with Gasteiger partial charge in [-0.3, -0.25) is 0 Å². The van der Waals surface area contributed by atoms with Crippen LogP contribution in [0.1, 0.15) is 0 Å². The Morgan fingerprint density at radius 2 is 1.95 bits per heavy atom. The molecule has 0 fully saturated rings. The fourth-order valence-electron chi connectivity index (χ4n) is 2.68. The molecule has 3 rings (SSSR count). The smallest absolute Gasteiger partial charge is 0.119 e. The Balaban J connectivity index is 2.48. The highest BCUT2D eigenvalue weighted by Gasteiger charge is 2.34. The maximum Gasteiger partial charge on any atom is 0.119 e. The second-order valence-corrected chi connectivity index (χ2v) is 10.7. The van der Waals surface area contributed by atoms with Gasteiger partial charge in [0.15, 0.2) is 0 Å². The lowest BCUT2D eigenvalue weighted by Crippen LogP contribution is -2.63. The van der Waals surface area contributed by atoms with Gasteiger partial charge in [0.1, 0.15) is 13.8 Å². The molecule has 0 saturated heterocycles. The second kappa shape index (κ2) is 4.18. The molecule has 0 aliphatic carbocycles. The number of hydrogen-bond donors (Lipinski definition) is 1. The molecule has 0 spiro atoms. The van der Waals surface area contributed by atoms with Crippen LogP contribution in [0.5, 0.6) is 5.75 Å². The summed E-state index contributed by atoms with van der Waals surface area (Å²) in [6.07, 6.45) is 0. The average Bonchev–Trinajstić information content (AvgIpc) is 2.35. The van der Waals surface area contributed by atoms with Crippen molar-refractivity contribution in [3.8, 4) is 5.75 Å². The number of halogens is 1. The van der Waals surface area contributed by atoms with Gasteiger partial charge in [-0.15, -0.1) is 0 Å². The van der Waals surface area contributed by atoms with E-state index in [9.17, 15) is 5.11 Å². The molecular formula is C15H14INOSi. The number of rotatable bonds is 0. The van der Waals surface area contributed by atoms with Gasteiger partial charge in [0.2, 0.25) is 0 Å². The van der Waals surface area contributed by atoms with E-state index in [4.69, 9.17) is 4.99 Å². The SMILES string of the molecule is C=c1ccc2c(c1I)[Si](C)(C)c1cc(O)ccc1N=2. The van der Waals surface area contributed by atoms with E-state index in [2.05, 4.69) is 48.3 Å². The third-order valence-corrected chi connectivity index (χ3v) is 8.96. The van der Waals surface area contributed by atoms with Crippen molar-refractivity contribution < 1.29 is 5.11 Å². The minimum atomic E-state index is -1.84. The summed E-state index contributed by atoms with van der Waals surface area (Å²) in [4.78, 5) is 4.74. The van der Waals surface area contributed by atoms with E-state index < -0.39 is 8.07 Å². The molecule has 1 N–H and O–H groups in total. The van der Waals surface area contributed by atoms with Gasteiger partial charge in [-0.2, -0.15) is 0 Å². The van der Waals surface area contributed by atoms with E-state index in [0.717, 1.165) is 16.3 Å². The van der Waals surface area contributed by atoms with Crippen LogP contribution in [0.3, 0.4) is 0 Å². The third kappa shape index (κ3) is 1.85. The zero-order chi connectivity index (χ0) is 13.8. The number of benzene rings is 2. The Hall–Kier alpha value is -1.14. The van der Waals surface area contributed by atoms with Gasteiger partial charge in [0, 0.05) is 3.57 Å². The summed E-state index contributed by atoms with van der Waals surface area (Å²) in [7, 11) is -1.84. The molecule has 0 amide bonds. The number of fused-ring (bicyclic) bond motifs is 2. The van der Waals surface area contributed by atoms with Crippen molar-refractivity contribution in [2.75, 3.05) is 0 Å². The lowest BCUT2D eigenvalue weighted by molar-refractivity contribution is 0.476. The lowest BCUT2D eigenvalue weighted by Gasteiger charge is -2.30. The first-order valence-corrected chi connectivity index (χ1v) is 10.2. The van der Waals surface area contributed by atoms with E-state index in [-0.39, 0.29) is 0 Å². The Morgan fingerprint density at radius 3 is 2.68 bits per heavy atom. The quantitative estimate of drug-likeness (QED) is 0.546. The molecule has 0 radical (unpaired) electrons. The summed E-state index contributed by atoms with van der Waals surface area (Å²) in [5, 5.41) is 14.4. The molecule has 2 nitrogen and oxygen atoms in total. The van der Waals surface area contributed by atoms with Gasteiger partial charge in [0.25, 0.3) is 0 Å². The molecule has 1 aliphatic rings. The highest BCUT2D eigenvalue weighted by atomic mass is 127. The van der Waals surface area contributed by atoms with Crippen molar-refractivity contribution in [2.24, 2.45) is 4.99 Å². The van der Waals surface area contributed by atoms with Crippen LogP contribution in [0.25, 0.3) is 6.58 Å². The summed E-state index contributed by atoms with van der Waals surface area (Å²) in [5.74, 6) is 0.318. The zero-order valence-corrected chi connectivity index (χ0v) is 14.0. The fourth-order valence-corrected chi connectivity index (χ4v) is 8.21. The van der Waals surface area contributed by atoms with E-state index in [1.807, 2.05) is 18.2 Å². The molecule has 4 heteroatoms. The second-order valence-electron chi connectivity index (χ2n) is 5.37. The molecule has 2 aromatic rings. The Bertz CT molecular complexity index is 799. The molecule has 1 heterocycles. The minimum Gasteiger partial charge on any atom is -0.508 e. The normalized spacial score (nSPS) is 15.3. The Kier molecular flexibility index (Phi) is 2.83. The summed E-state index contributed by atoms with van der Waals surface area (Å²) in [5.41, 5.74) is 0.995. The molecule has 0 unspecified atom stereocenters. The van der Waals surface area contributed by atoms with E-state index in [1.165, 1.54) is 13.9 Å². The van der Waals surface area contributed by atoms with Crippen LogP contribution in [0, 0.1) is 3.57 Å². The topological polar surface area (TPSA) is 32.6 Å². The summed E-state index contributed by atoms with van der Waals surface area (Å²) < 4.78 is 1.21. The van der Waals surface area contributed by atoms with E-state index in [0.29, 0.717) is 5.75 Å². The molecular weight excluding hydrogens is 365 g/mol. The maximum atomic E-state index is 9.76. The first-order valence-electron chi connectivity index (χ1n) is 6.11. The molecule has 1 aliphatic heterocycles. The number of phenols is 1. The van der Waals surface area contributed by atoms with Gasteiger partial charge < -0.3 is 5.11 Å².